The fourth-order valence-corrected chi connectivity index (χ4v) is 5.05. The molecule has 1 aliphatic heterocycles. The minimum Gasteiger partial charge on any atom is -0.454 e. The second-order valence-electron chi connectivity index (χ2n) is 7.88. The number of benzene rings is 3. The maximum Gasteiger partial charge on any atom is 0.231 e. The summed E-state index contributed by atoms with van der Waals surface area (Å²) in [4.78, 5) is 5.22. The van der Waals surface area contributed by atoms with E-state index in [2.05, 4.69) is 60.7 Å². The van der Waals surface area contributed by atoms with Crippen molar-refractivity contribution in [2.24, 2.45) is 0 Å². The molecule has 0 amide bonds. The van der Waals surface area contributed by atoms with Crippen molar-refractivity contribution in [3.63, 3.8) is 0 Å². The molecule has 3 nitrogen and oxygen atoms in total. The monoisotopic (exact) mass is 375 g/mol. The van der Waals surface area contributed by atoms with Crippen LogP contribution in [0.1, 0.15) is 22.3 Å². The number of rotatable bonds is 1. The first-order valence-corrected chi connectivity index (χ1v) is 9.99. The molecule has 0 bridgehead atoms. The molecule has 2 aliphatic carbocycles. The van der Waals surface area contributed by atoms with Gasteiger partial charge in [0.2, 0.25) is 6.79 Å². The lowest BCUT2D eigenvalue weighted by Gasteiger charge is -2.15. The Labute approximate surface area is 168 Å². The third kappa shape index (κ3) is 2.05. The molecule has 3 aromatic carbocycles. The topological polar surface area (TPSA) is 31.4 Å². The summed E-state index contributed by atoms with van der Waals surface area (Å²) < 4.78 is 11.2. The third-order valence-electron chi connectivity index (χ3n) is 6.34. The Kier molecular flexibility index (Phi) is 2.90. The number of nitrogens with zero attached hydrogens (tertiary/aromatic N) is 1. The van der Waals surface area contributed by atoms with Gasteiger partial charge in [0, 0.05) is 24.0 Å². The maximum absolute atomic E-state index is 5.69. The maximum atomic E-state index is 5.69. The highest BCUT2D eigenvalue weighted by Gasteiger charge is 2.32. The summed E-state index contributed by atoms with van der Waals surface area (Å²) >= 11 is 0. The van der Waals surface area contributed by atoms with Gasteiger partial charge in [-0.1, -0.05) is 54.6 Å². The lowest BCUT2D eigenvalue weighted by molar-refractivity contribution is 0.174. The fraction of sp³-hybridized carbons (Fsp3) is 0.115. The molecule has 0 fully saturated rings. The van der Waals surface area contributed by atoms with E-state index in [0.717, 1.165) is 35.7 Å². The van der Waals surface area contributed by atoms with Crippen LogP contribution >= 0.6 is 0 Å². The first-order chi connectivity index (χ1) is 14.4. The summed E-state index contributed by atoms with van der Waals surface area (Å²) in [5.41, 5.74) is 12.7. The smallest absolute Gasteiger partial charge is 0.231 e. The van der Waals surface area contributed by atoms with Crippen LogP contribution in [0.3, 0.4) is 0 Å². The molecule has 0 saturated carbocycles. The Morgan fingerprint density at radius 2 is 1.28 bits per heavy atom. The molecule has 0 radical (unpaired) electrons. The van der Waals surface area contributed by atoms with Crippen molar-refractivity contribution in [2.45, 2.75) is 12.8 Å². The molecule has 3 heteroatoms. The van der Waals surface area contributed by atoms with Gasteiger partial charge in [-0.15, -0.1) is 0 Å². The number of pyridine rings is 1. The van der Waals surface area contributed by atoms with E-state index in [1.165, 1.54) is 44.5 Å². The summed E-state index contributed by atoms with van der Waals surface area (Å²) in [6.45, 7) is 0.294. The predicted molar refractivity (Wildman–Crippen MR) is 112 cm³/mol. The van der Waals surface area contributed by atoms with Crippen LogP contribution in [0.4, 0.5) is 0 Å². The van der Waals surface area contributed by atoms with Gasteiger partial charge in [0.05, 0.1) is 11.4 Å². The van der Waals surface area contributed by atoms with Crippen molar-refractivity contribution in [2.75, 3.05) is 6.79 Å². The zero-order valence-electron chi connectivity index (χ0n) is 15.7. The van der Waals surface area contributed by atoms with Crippen LogP contribution in [0.5, 0.6) is 11.5 Å². The quantitative estimate of drug-likeness (QED) is 0.374. The van der Waals surface area contributed by atoms with Crippen LogP contribution in [-0.2, 0) is 12.8 Å². The summed E-state index contributed by atoms with van der Waals surface area (Å²) in [5, 5.41) is 0. The number of hydrogen-bond acceptors (Lipinski definition) is 3. The highest BCUT2D eigenvalue weighted by atomic mass is 16.7. The van der Waals surface area contributed by atoms with Crippen LogP contribution in [-0.4, -0.2) is 11.8 Å². The highest BCUT2D eigenvalue weighted by Crippen LogP contribution is 2.49. The van der Waals surface area contributed by atoms with Gasteiger partial charge in [0.25, 0.3) is 0 Å². The molecular weight excluding hydrogens is 358 g/mol. The average Bonchev–Trinajstić information content (AvgIpc) is 3.46. The average molecular weight is 375 g/mol. The number of aromatic nitrogens is 1. The molecule has 29 heavy (non-hydrogen) atoms. The minimum absolute atomic E-state index is 0.294. The van der Waals surface area contributed by atoms with Crippen LogP contribution in [0, 0.1) is 0 Å². The van der Waals surface area contributed by atoms with Gasteiger partial charge in [-0.25, -0.2) is 4.98 Å². The van der Waals surface area contributed by atoms with Gasteiger partial charge in [-0.3, -0.25) is 0 Å². The van der Waals surface area contributed by atoms with Crippen LogP contribution in [0.2, 0.25) is 0 Å². The molecule has 0 spiro atoms. The largest absolute Gasteiger partial charge is 0.454 e. The lowest BCUT2D eigenvalue weighted by atomic mass is 9.92. The third-order valence-corrected chi connectivity index (χ3v) is 6.34. The van der Waals surface area contributed by atoms with Crippen molar-refractivity contribution >= 4 is 0 Å². The molecular formula is C26H17NO2. The van der Waals surface area contributed by atoms with Crippen molar-refractivity contribution in [3.05, 3.63) is 89.0 Å². The first kappa shape index (κ1) is 15.3. The summed E-state index contributed by atoms with van der Waals surface area (Å²) in [6.07, 6.45) is 1.85. The molecule has 3 aliphatic rings. The minimum atomic E-state index is 0.294. The van der Waals surface area contributed by atoms with Gasteiger partial charge in [0.15, 0.2) is 11.5 Å². The second-order valence-corrected chi connectivity index (χ2v) is 7.88. The number of hydrogen-bond donors (Lipinski definition) is 0. The standard InChI is InChI=1S/C26H17NO2/c1-3-7-18-15(5-1)11-20-24(17-9-10-22-23(13-17)29-14-28-22)21-12-16-6-2-4-8-19(16)26(21)27-25(18)20/h1-10,13H,11-12,14H2. The molecule has 0 atom stereocenters. The predicted octanol–water partition coefficient (Wildman–Crippen LogP) is 5.62. The highest BCUT2D eigenvalue weighted by molar-refractivity contribution is 5.91. The van der Waals surface area contributed by atoms with E-state index in [1.807, 2.05) is 6.07 Å². The van der Waals surface area contributed by atoms with Gasteiger partial charge >= 0.3 is 0 Å². The first-order valence-electron chi connectivity index (χ1n) is 9.99. The fourth-order valence-electron chi connectivity index (χ4n) is 5.05. The van der Waals surface area contributed by atoms with E-state index < -0.39 is 0 Å². The van der Waals surface area contributed by atoms with E-state index in [0.29, 0.717) is 6.79 Å². The SMILES string of the molecule is c1ccc2c(c1)Cc1c-2nc2c(c1-c1ccc3c(c1)OCO3)Cc1ccccc1-2. The van der Waals surface area contributed by atoms with Crippen molar-refractivity contribution in [1.82, 2.24) is 4.98 Å². The molecule has 7 rings (SSSR count). The molecule has 0 N–H and O–H groups in total. The summed E-state index contributed by atoms with van der Waals surface area (Å²) in [7, 11) is 0. The molecule has 0 unspecified atom stereocenters. The van der Waals surface area contributed by atoms with E-state index in [9.17, 15) is 0 Å². The molecule has 1 aromatic heterocycles. The van der Waals surface area contributed by atoms with Crippen LogP contribution < -0.4 is 9.47 Å². The zero-order chi connectivity index (χ0) is 18.9. The number of ether oxygens (including phenoxy) is 2. The van der Waals surface area contributed by atoms with Gasteiger partial charge < -0.3 is 9.47 Å². The number of fused-ring (bicyclic) bond motifs is 7. The van der Waals surface area contributed by atoms with Crippen molar-refractivity contribution < 1.29 is 9.47 Å². The molecule has 2 heterocycles. The Balaban J connectivity index is 1.55. The Morgan fingerprint density at radius 3 is 1.97 bits per heavy atom. The Hall–Kier alpha value is -3.59. The van der Waals surface area contributed by atoms with E-state index in [4.69, 9.17) is 14.5 Å². The normalized spacial score (nSPS) is 14.3. The van der Waals surface area contributed by atoms with E-state index in [-0.39, 0.29) is 0 Å². The molecule has 4 aromatic rings. The van der Waals surface area contributed by atoms with Gasteiger partial charge in [0.1, 0.15) is 0 Å². The van der Waals surface area contributed by atoms with Crippen LogP contribution in [0.25, 0.3) is 33.6 Å². The Bertz CT molecular complexity index is 1270. The van der Waals surface area contributed by atoms with E-state index in [1.54, 1.807) is 0 Å². The van der Waals surface area contributed by atoms with E-state index >= 15 is 0 Å². The van der Waals surface area contributed by atoms with Gasteiger partial charge in [-0.2, -0.15) is 0 Å². The lowest BCUT2D eigenvalue weighted by Crippen LogP contribution is -1.98. The molecule has 138 valence electrons. The van der Waals surface area contributed by atoms with Crippen LogP contribution in [0.15, 0.2) is 66.7 Å². The molecule has 0 saturated heterocycles. The Morgan fingerprint density at radius 1 is 0.655 bits per heavy atom. The van der Waals surface area contributed by atoms with Crippen molar-refractivity contribution in [3.8, 4) is 45.1 Å². The van der Waals surface area contributed by atoms with Gasteiger partial charge in [-0.05, 0) is 45.5 Å². The van der Waals surface area contributed by atoms with Crippen molar-refractivity contribution in [1.29, 1.82) is 0 Å². The second kappa shape index (κ2) is 5.48. The summed E-state index contributed by atoms with van der Waals surface area (Å²) in [5.74, 6) is 1.65. The zero-order valence-corrected chi connectivity index (χ0v) is 15.7. The summed E-state index contributed by atoms with van der Waals surface area (Å²) in [6, 6.07) is 23.6.